The Kier molecular flexibility index (Phi) is 5.21. The number of aliphatic hydroxyl groups is 1. The van der Waals surface area contributed by atoms with Crippen molar-refractivity contribution in [1.29, 1.82) is 0 Å². The van der Waals surface area contributed by atoms with Crippen LogP contribution in [-0.4, -0.2) is 29.7 Å². The molecular formula is C19H28N2O2. The molecule has 0 atom stereocenters. The molecular weight excluding hydrogens is 288 g/mol. The van der Waals surface area contributed by atoms with Crippen molar-refractivity contribution in [1.82, 2.24) is 0 Å². The van der Waals surface area contributed by atoms with Crippen LogP contribution in [0.2, 0.25) is 0 Å². The molecule has 23 heavy (non-hydrogen) atoms. The van der Waals surface area contributed by atoms with Crippen LogP contribution in [0.4, 0.5) is 11.4 Å². The molecule has 3 rings (SSSR count). The van der Waals surface area contributed by atoms with Gasteiger partial charge in [-0.05, 0) is 44.2 Å². The maximum Gasteiger partial charge on any atom is 0.227 e. The largest absolute Gasteiger partial charge is 0.389 e. The highest BCUT2D eigenvalue weighted by Crippen LogP contribution is 2.32. The highest BCUT2D eigenvalue weighted by atomic mass is 16.3. The summed E-state index contributed by atoms with van der Waals surface area (Å²) in [6.45, 7) is 2.10. The molecule has 1 aromatic carbocycles. The molecule has 0 bridgehead atoms. The molecule has 2 aliphatic rings. The maximum absolute atomic E-state index is 12.4. The van der Waals surface area contributed by atoms with Gasteiger partial charge in [0.15, 0.2) is 0 Å². The summed E-state index contributed by atoms with van der Waals surface area (Å²) in [4.78, 5) is 14.8. The van der Waals surface area contributed by atoms with Crippen molar-refractivity contribution in [3.63, 3.8) is 0 Å². The Morgan fingerprint density at radius 3 is 2.43 bits per heavy atom. The van der Waals surface area contributed by atoms with Crippen LogP contribution in [0.1, 0.15) is 57.8 Å². The lowest BCUT2D eigenvalue weighted by Gasteiger charge is -2.32. The second-order valence-electron chi connectivity index (χ2n) is 7.07. The Morgan fingerprint density at radius 1 is 1.04 bits per heavy atom. The fourth-order valence-corrected chi connectivity index (χ4v) is 3.87. The number of hydrogen-bond donors (Lipinski definition) is 2. The first-order valence-corrected chi connectivity index (χ1v) is 9.03. The number of benzene rings is 1. The normalized spacial score (nSPS) is 21.0. The van der Waals surface area contributed by atoms with Gasteiger partial charge in [0, 0.05) is 13.1 Å². The second kappa shape index (κ2) is 7.35. The van der Waals surface area contributed by atoms with Gasteiger partial charge in [0.25, 0.3) is 0 Å². The molecule has 1 aliphatic carbocycles. The van der Waals surface area contributed by atoms with E-state index in [1.54, 1.807) is 0 Å². The predicted octanol–water partition coefficient (Wildman–Crippen LogP) is 3.70. The number of amides is 1. The molecule has 2 N–H and O–H groups in total. The molecule has 4 nitrogen and oxygen atoms in total. The van der Waals surface area contributed by atoms with E-state index in [1.165, 1.54) is 25.7 Å². The highest BCUT2D eigenvalue weighted by Gasteiger charge is 2.31. The van der Waals surface area contributed by atoms with Crippen molar-refractivity contribution in [2.75, 3.05) is 23.3 Å². The van der Waals surface area contributed by atoms with E-state index < -0.39 is 5.60 Å². The van der Waals surface area contributed by atoms with Gasteiger partial charge in [-0.1, -0.05) is 31.4 Å². The number of rotatable bonds is 4. The number of anilines is 2. The third-order valence-electron chi connectivity index (χ3n) is 5.15. The highest BCUT2D eigenvalue weighted by molar-refractivity contribution is 5.94. The fraction of sp³-hybridized carbons (Fsp3) is 0.632. The first-order chi connectivity index (χ1) is 11.2. The lowest BCUT2D eigenvalue weighted by atomic mass is 9.82. The number of carbonyl (C=O) groups is 1. The molecule has 1 amide bonds. The third kappa shape index (κ3) is 4.25. The quantitative estimate of drug-likeness (QED) is 0.890. The lowest BCUT2D eigenvalue weighted by Crippen LogP contribution is -2.36. The molecule has 1 saturated carbocycles. The van der Waals surface area contributed by atoms with Crippen molar-refractivity contribution in [2.24, 2.45) is 0 Å². The molecule has 0 radical (unpaired) electrons. The monoisotopic (exact) mass is 316 g/mol. The minimum atomic E-state index is -0.803. The van der Waals surface area contributed by atoms with Crippen LogP contribution in [-0.2, 0) is 4.79 Å². The smallest absolute Gasteiger partial charge is 0.227 e. The Bertz CT molecular complexity index is 532. The number of nitrogens with zero attached hydrogens (tertiary/aromatic N) is 1. The van der Waals surface area contributed by atoms with Crippen molar-refractivity contribution < 1.29 is 9.90 Å². The van der Waals surface area contributed by atoms with Crippen molar-refractivity contribution >= 4 is 17.3 Å². The standard InChI is InChI=1S/C19H28N2O2/c22-18(15-19(23)11-5-1-6-12-19)20-16-9-3-4-10-17(16)21-13-7-2-8-14-21/h3-4,9-10,23H,1-2,5-8,11-15H2,(H,20,22). The minimum Gasteiger partial charge on any atom is -0.389 e. The molecule has 1 heterocycles. The average Bonchev–Trinajstić information content (AvgIpc) is 2.56. The molecule has 1 saturated heterocycles. The van der Waals surface area contributed by atoms with E-state index in [2.05, 4.69) is 16.3 Å². The van der Waals surface area contributed by atoms with Crippen molar-refractivity contribution in [3.05, 3.63) is 24.3 Å². The van der Waals surface area contributed by atoms with Crippen LogP contribution in [0, 0.1) is 0 Å². The SMILES string of the molecule is O=C(CC1(O)CCCCC1)Nc1ccccc1N1CCCCC1. The van der Waals surface area contributed by atoms with E-state index in [9.17, 15) is 9.90 Å². The zero-order chi connectivity index (χ0) is 16.1. The summed E-state index contributed by atoms with van der Waals surface area (Å²) >= 11 is 0. The summed E-state index contributed by atoms with van der Waals surface area (Å²) in [5.41, 5.74) is 1.18. The van der Waals surface area contributed by atoms with E-state index in [0.29, 0.717) is 0 Å². The first-order valence-electron chi connectivity index (χ1n) is 9.03. The number of para-hydroxylation sites is 2. The maximum atomic E-state index is 12.4. The zero-order valence-electron chi connectivity index (χ0n) is 13.9. The Balaban J connectivity index is 1.66. The molecule has 1 aromatic rings. The van der Waals surface area contributed by atoms with E-state index >= 15 is 0 Å². The van der Waals surface area contributed by atoms with Gasteiger partial charge in [-0.3, -0.25) is 4.79 Å². The molecule has 0 spiro atoms. The molecule has 0 unspecified atom stereocenters. The van der Waals surface area contributed by atoms with Crippen LogP contribution in [0.25, 0.3) is 0 Å². The van der Waals surface area contributed by atoms with Crippen molar-refractivity contribution in [3.8, 4) is 0 Å². The summed E-state index contributed by atoms with van der Waals surface area (Å²) in [5, 5.41) is 13.6. The molecule has 2 fully saturated rings. The third-order valence-corrected chi connectivity index (χ3v) is 5.15. The van der Waals surface area contributed by atoms with Gasteiger partial charge < -0.3 is 15.3 Å². The van der Waals surface area contributed by atoms with Crippen LogP contribution < -0.4 is 10.2 Å². The fourth-order valence-electron chi connectivity index (χ4n) is 3.87. The van der Waals surface area contributed by atoms with Gasteiger partial charge in [-0.25, -0.2) is 0 Å². The number of piperidine rings is 1. The number of hydrogen-bond acceptors (Lipinski definition) is 3. The Hall–Kier alpha value is -1.55. The van der Waals surface area contributed by atoms with E-state index in [0.717, 1.165) is 50.1 Å². The van der Waals surface area contributed by atoms with Gasteiger partial charge in [0.05, 0.1) is 23.4 Å². The Labute approximate surface area is 138 Å². The van der Waals surface area contributed by atoms with E-state index in [4.69, 9.17) is 0 Å². The number of carbonyl (C=O) groups excluding carboxylic acids is 1. The van der Waals surface area contributed by atoms with Gasteiger partial charge in [0.1, 0.15) is 0 Å². The van der Waals surface area contributed by atoms with Gasteiger partial charge in [-0.15, -0.1) is 0 Å². The van der Waals surface area contributed by atoms with E-state index in [1.807, 2.05) is 18.2 Å². The Morgan fingerprint density at radius 2 is 1.70 bits per heavy atom. The molecule has 1 aliphatic heterocycles. The topological polar surface area (TPSA) is 52.6 Å². The van der Waals surface area contributed by atoms with Crippen LogP contribution >= 0.6 is 0 Å². The second-order valence-corrected chi connectivity index (χ2v) is 7.07. The van der Waals surface area contributed by atoms with Gasteiger partial charge >= 0.3 is 0 Å². The zero-order valence-corrected chi connectivity index (χ0v) is 13.9. The molecule has 4 heteroatoms. The summed E-state index contributed by atoms with van der Waals surface area (Å²) in [6, 6.07) is 8.02. The molecule has 0 aromatic heterocycles. The van der Waals surface area contributed by atoms with Crippen LogP contribution in [0.5, 0.6) is 0 Å². The molecule has 126 valence electrons. The predicted molar refractivity (Wildman–Crippen MR) is 93.8 cm³/mol. The lowest BCUT2D eigenvalue weighted by molar-refractivity contribution is -0.122. The van der Waals surface area contributed by atoms with Crippen LogP contribution in [0.3, 0.4) is 0 Å². The number of nitrogens with one attached hydrogen (secondary N) is 1. The summed E-state index contributed by atoms with van der Waals surface area (Å²) in [7, 11) is 0. The first kappa shape index (κ1) is 16.3. The van der Waals surface area contributed by atoms with Gasteiger partial charge in [0.2, 0.25) is 5.91 Å². The average molecular weight is 316 g/mol. The summed E-state index contributed by atoms with van der Waals surface area (Å²) in [5.74, 6) is -0.0705. The minimum absolute atomic E-state index is 0.0705. The summed E-state index contributed by atoms with van der Waals surface area (Å²) < 4.78 is 0. The van der Waals surface area contributed by atoms with Crippen molar-refractivity contribution in [2.45, 2.75) is 63.4 Å². The van der Waals surface area contributed by atoms with Crippen LogP contribution in [0.15, 0.2) is 24.3 Å². The van der Waals surface area contributed by atoms with E-state index in [-0.39, 0.29) is 12.3 Å². The van der Waals surface area contributed by atoms with Gasteiger partial charge in [-0.2, -0.15) is 0 Å². The summed E-state index contributed by atoms with van der Waals surface area (Å²) in [6.07, 6.45) is 8.62.